The van der Waals surface area contributed by atoms with Crippen LogP contribution in [0.15, 0.2) is 43.0 Å². The molecule has 1 aromatic rings. The van der Waals surface area contributed by atoms with Crippen molar-refractivity contribution in [1.82, 2.24) is 0 Å². The summed E-state index contributed by atoms with van der Waals surface area (Å²) >= 11 is 0. The average Bonchev–Trinajstić information content (AvgIpc) is 2.30. The van der Waals surface area contributed by atoms with E-state index in [4.69, 9.17) is 4.74 Å². The molecule has 0 heterocycles. The molecule has 0 spiro atoms. The monoisotopic (exact) mass is 240 g/mol. The minimum Gasteiger partial charge on any atom is -0.370 e. The third kappa shape index (κ3) is 3.63. The SMILES string of the molecule is C=CC(C)(C)C(F)(F)COCc1ccccc1. The van der Waals surface area contributed by atoms with Crippen LogP contribution in [-0.2, 0) is 11.3 Å². The second-order valence-electron chi connectivity index (χ2n) is 4.61. The Labute approximate surface area is 101 Å². The fourth-order valence-corrected chi connectivity index (χ4v) is 1.21. The van der Waals surface area contributed by atoms with E-state index in [1.807, 2.05) is 30.3 Å². The van der Waals surface area contributed by atoms with Crippen molar-refractivity contribution in [2.75, 3.05) is 6.61 Å². The fraction of sp³-hybridized carbons (Fsp3) is 0.429. The number of hydrogen-bond donors (Lipinski definition) is 0. The van der Waals surface area contributed by atoms with Crippen molar-refractivity contribution in [3.05, 3.63) is 48.6 Å². The fourth-order valence-electron chi connectivity index (χ4n) is 1.21. The molecule has 0 fully saturated rings. The van der Waals surface area contributed by atoms with Gasteiger partial charge >= 0.3 is 0 Å². The largest absolute Gasteiger partial charge is 0.370 e. The Morgan fingerprint density at radius 3 is 2.35 bits per heavy atom. The normalized spacial score (nSPS) is 12.5. The van der Waals surface area contributed by atoms with Gasteiger partial charge in [-0.05, 0) is 5.56 Å². The molecule has 0 unspecified atom stereocenters. The first kappa shape index (κ1) is 13.8. The number of allylic oxidation sites excluding steroid dienone is 1. The van der Waals surface area contributed by atoms with Crippen molar-refractivity contribution in [3.63, 3.8) is 0 Å². The molecular weight excluding hydrogens is 222 g/mol. The predicted molar refractivity (Wildman–Crippen MR) is 65.0 cm³/mol. The molecule has 0 aliphatic heterocycles. The Balaban J connectivity index is 2.49. The number of alkyl halides is 2. The van der Waals surface area contributed by atoms with Crippen molar-refractivity contribution in [2.24, 2.45) is 5.41 Å². The molecule has 1 aromatic carbocycles. The molecule has 0 saturated carbocycles. The van der Waals surface area contributed by atoms with Gasteiger partial charge in [-0.25, -0.2) is 8.78 Å². The quantitative estimate of drug-likeness (QED) is 0.681. The van der Waals surface area contributed by atoms with Crippen LogP contribution in [-0.4, -0.2) is 12.5 Å². The molecule has 17 heavy (non-hydrogen) atoms. The van der Waals surface area contributed by atoms with Gasteiger partial charge in [0.15, 0.2) is 0 Å². The molecule has 0 radical (unpaired) electrons. The summed E-state index contributed by atoms with van der Waals surface area (Å²) in [6.45, 7) is 5.93. The highest BCUT2D eigenvalue weighted by atomic mass is 19.3. The van der Waals surface area contributed by atoms with E-state index in [1.165, 1.54) is 19.9 Å². The lowest BCUT2D eigenvalue weighted by atomic mass is 9.86. The van der Waals surface area contributed by atoms with Crippen LogP contribution in [0, 0.1) is 5.41 Å². The Morgan fingerprint density at radius 2 is 1.82 bits per heavy atom. The van der Waals surface area contributed by atoms with E-state index >= 15 is 0 Å². The summed E-state index contributed by atoms with van der Waals surface area (Å²) in [6, 6.07) is 9.27. The molecule has 0 saturated heterocycles. The number of benzene rings is 1. The summed E-state index contributed by atoms with van der Waals surface area (Å²) in [7, 11) is 0. The molecule has 0 aliphatic carbocycles. The predicted octanol–water partition coefficient (Wildman–Crippen LogP) is 4.05. The van der Waals surface area contributed by atoms with Crippen LogP contribution in [0.2, 0.25) is 0 Å². The van der Waals surface area contributed by atoms with Crippen LogP contribution in [0.5, 0.6) is 0 Å². The van der Waals surface area contributed by atoms with E-state index < -0.39 is 17.9 Å². The lowest BCUT2D eigenvalue weighted by Gasteiger charge is -2.30. The molecule has 0 amide bonds. The topological polar surface area (TPSA) is 9.23 Å². The van der Waals surface area contributed by atoms with Gasteiger partial charge in [0.05, 0.1) is 6.61 Å². The van der Waals surface area contributed by atoms with Gasteiger partial charge in [-0.3, -0.25) is 0 Å². The van der Waals surface area contributed by atoms with E-state index in [-0.39, 0.29) is 6.61 Å². The molecular formula is C14H18F2O. The van der Waals surface area contributed by atoms with Crippen LogP contribution in [0.1, 0.15) is 19.4 Å². The Kier molecular flexibility index (Phi) is 4.40. The van der Waals surface area contributed by atoms with Gasteiger partial charge in [-0.15, -0.1) is 6.58 Å². The van der Waals surface area contributed by atoms with E-state index in [1.54, 1.807) is 0 Å². The summed E-state index contributed by atoms with van der Waals surface area (Å²) in [5.74, 6) is -2.91. The third-order valence-corrected chi connectivity index (χ3v) is 2.85. The molecule has 3 heteroatoms. The molecule has 0 aliphatic rings. The average molecular weight is 240 g/mol. The van der Waals surface area contributed by atoms with Crippen molar-refractivity contribution < 1.29 is 13.5 Å². The van der Waals surface area contributed by atoms with Gasteiger partial charge in [0, 0.05) is 5.41 Å². The van der Waals surface area contributed by atoms with Crippen LogP contribution in [0.25, 0.3) is 0 Å². The highest BCUT2D eigenvalue weighted by Crippen LogP contribution is 2.37. The smallest absolute Gasteiger partial charge is 0.279 e. The second-order valence-corrected chi connectivity index (χ2v) is 4.61. The van der Waals surface area contributed by atoms with Gasteiger partial charge in [0.2, 0.25) is 0 Å². The Morgan fingerprint density at radius 1 is 1.24 bits per heavy atom. The number of hydrogen-bond acceptors (Lipinski definition) is 1. The standard InChI is InChI=1S/C14H18F2O/c1-4-13(2,3)14(15,16)11-17-10-12-8-6-5-7-9-12/h4-9H,1,10-11H2,2-3H3. The molecule has 0 aromatic heterocycles. The van der Waals surface area contributed by atoms with Crippen LogP contribution in [0.4, 0.5) is 8.78 Å². The highest BCUT2D eigenvalue weighted by Gasteiger charge is 2.44. The lowest BCUT2D eigenvalue weighted by Crippen LogP contribution is -2.39. The molecule has 1 nitrogen and oxygen atoms in total. The van der Waals surface area contributed by atoms with Gasteiger partial charge < -0.3 is 4.74 Å². The summed E-state index contributed by atoms with van der Waals surface area (Å²) in [6.07, 6.45) is 1.26. The zero-order valence-electron chi connectivity index (χ0n) is 10.2. The van der Waals surface area contributed by atoms with E-state index in [0.717, 1.165) is 5.56 Å². The first-order chi connectivity index (χ1) is 7.89. The maximum atomic E-state index is 13.7. The minimum atomic E-state index is -2.91. The first-order valence-corrected chi connectivity index (χ1v) is 5.52. The maximum absolute atomic E-state index is 13.7. The van der Waals surface area contributed by atoms with Gasteiger partial charge in [0.1, 0.15) is 6.61 Å². The number of rotatable bonds is 6. The molecule has 0 bridgehead atoms. The summed E-state index contributed by atoms with van der Waals surface area (Å²) in [5, 5.41) is 0. The van der Waals surface area contributed by atoms with Crippen molar-refractivity contribution in [1.29, 1.82) is 0 Å². The third-order valence-electron chi connectivity index (χ3n) is 2.85. The highest BCUT2D eigenvalue weighted by molar-refractivity contribution is 5.13. The zero-order valence-corrected chi connectivity index (χ0v) is 10.2. The van der Waals surface area contributed by atoms with Gasteiger partial charge in [0.25, 0.3) is 5.92 Å². The molecule has 1 rings (SSSR count). The van der Waals surface area contributed by atoms with E-state index in [0.29, 0.717) is 0 Å². The van der Waals surface area contributed by atoms with Crippen molar-refractivity contribution in [3.8, 4) is 0 Å². The Hall–Kier alpha value is -1.22. The number of ether oxygens (including phenoxy) is 1. The first-order valence-electron chi connectivity index (χ1n) is 5.52. The van der Waals surface area contributed by atoms with E-state index in [9.17, 15) is 8.78 Å². The van der Waals surface area contributed by atoms with Crippen LogP contribution in [0.3, 0.4) is 0 Å². The van der Waals surface area contributed by atoms with Crippen molar-refractivity contribution in [2.45, 2.75) is 26.4 Å². The van der Waals surface area contributed by atoms with E-state index in [2.05, 4.69) is 6.58 Å². The molecule has 0 N–H and O–H groups in total. The lowest BCUT2D eigenvalue weighted by molar-refractivity contribution is -0.138. The minimum absolute atomic E-state index is 0.198. The Bertz CT molecular complexity index is 358. The van der Waals surface area contributed by atoms with Crippen molar-refractivity contribution >= 4 is 0 Å². The van der Waals surface area contributed by atoms with Gasteiger partial charge in [-0.1, -0.05) is 50.3 Å². The molecule has 0 atom stereocenters. The summed E-state index contributed by atoms with van der Waals surface area (Å²) < 4.78 is 32.5. The van der Waals surface area contributed by atoms with Crippen LogP contribution >= 0.6 is 0 Å². The summed E-state index contributed by atoms with van der Waals surface area (Å²) in [4.78, 5) is 0. The van der Waals surface area contributed by atoms with Gasteiger partial charge in [-0.2, -0.15) is 0 Å². The number of halogens is 2. The summed E-state index contributed by atoms with van der Waals surface area (Å²) in [5.41, 5.74) is -0.372. The van der Waals surface area contributed by atoms with Crippen LogP contribution < -0.4 is 0 Å². The second kappa shape index (κ2) is 5.41. The zero-order chi connectivity index (χ0) is 12.9. The molecule has 94 valence electrons. The maximum Gasteiger partial charge on any atom is 0.279 e.